The first-order chi connectivity index (χ1) is 24.0. The lowest BCUT2D eigenvalue weighted by Gasteiger charge is -2.21. The maximum atomic E-state index is 12.7. The number of hydrogen-bond donors (Lipinski definition) is 1. The SMILES string of the molecule is CCCCCCCCC(C)OC(=O)OCCCCN(CCO)CCCCCCCC(=O)OC(CCCCCCCC)CCCCCCCC. The van der Waals surface area contributed by atoms with E-state index >= 15 is 0 Å². The van der Waals surface area contributed by atoms with E-state index in [2.05, 4.69) is 25.7 Å². The highest BCUT2D eigenvalue weighted by Crippen LogP contribution is 2.18. The molecule has 0 saturated heterocycles. The number of hydrogen-bond acceptors (Lipinski definition) is 7. The monoisotopic (exact) mass is 698 g/mol. The molecule has 7 nitrogen and oxygen atoms in total. The smallest absolute Gasteiger partial charge is 0.462 e. The Morgan fingerprint density at radius 2 is 0.980 bits per heavy atom. The Labute approximate surface area is 304 Å². The van der Waals surface area contributed by atoms with E-state index in [-0.39, 0.29) is 24.8 Å². The molecular formula is C42H83NO6. The second-order valence-electron chi connectivity index (χ2n) is 14.6. The van der Waals surface area contributed by atoms with Crippen molar-refractivity contribution in [3.8, 4) is 0 Å². The summed E-state index contributed by atoms with van der Waals surface area (Å²) >= 11 is 0. The van der Waals surface area contributed by atoms with Crippen LogP contribution in [0.1, 0.15) is 214 Å². The van der Waals surface area contributed by atoms with Crippen LogP contribution in [-0.2, 0) is 19.0 Å². The van der Waals surface area contributed by atoms with E-state index in [4.69, 9.17) is 14.2 Å². The highest BCUT2D eigenvalue weighted by atomic mass is 16.7. The first-order valence-electron chi connectivity index (χ1n) is 21.3. The largest absolute Gasteiger partial charge is 0.508 e. The highest BCUT2D eigenvalue weighted by Gasteiger charge is 2.15. The van der Waals surface area contributed by atoms with Gasteiger partial charge in [-0.05, 0) is 84.2 Å². The zero-order chi connectivity index (χ0) is 36.0. The van der Waals surface area contributed by atoms with E-state index in [1.54, 1.807) is 0 Å². The number of carbonyl (C=O) groups excluding carboxylic acids is 2. The van der Waals surface area contributed by atoms with Crippen molar-refractivity contribution >= 4 is 12.1 Å². The van der Waals surface area contributed by atoms with Crippen LogP contribution in [0.25, 0.3) is 0 Å². The molecule has 49 heavy (non-hydrogen) atoms. The summed E-state index contributed by atoms with van der Waals surface area (Å²) < 4.78 is 16.7. The number of aliphatic hydroxyl groups excluding tert-OH is 1. The Balaban J connectivity index is 4.05. The minimum absolute atomic E-state index is 0.00370. The van der Waals surface area contributed by atoms with Crippen molar-refractivity contribution in [1.29, 1.82) is 0 Å². The minimum Gasteiger partial charge on any atom is -0.462 e. The molecule has 0 spiro atoms. The van der Waals surface area contributed by atoms with Crippen molar-refractivity contribution in [3.05, 3.63) is 0 Å². The zero-order valence-corrected chi connectivity index (χ0v) is 33.1. The van der Waals surface area contributed by atoms with Gasteiger partial charge in [0.15, 0.2) is 0 Å². The number of aliphatic hydroxyl groups is 1. The molecule has 7 heteroatoms. The molecule has 0 aliphatic rings. The van der Waals surface area contributed by atoms with Crippen molar-refractivity contribution in [2.45, 2.75) is 226 Å². The molecule has 1 unspecified atom stereocenters. The summed E-state index contributed by atoms with van der Waals surface area (Å²) in [7, 11) is 0. The average molecular weight is 698 g/mol. The lowest BCUT2D eigenvalue weighted by molar-refractivity contribution is -0.150. The second-order valence-corrected chi connectivity index (χ2v) is 14.6. The molecule has 1 N–H and O–H groups in total. The summed E-state index contributed by atoms with van der Waals surface area (Å²) in [6.45, 7) is 11.7. The van der Waals surface area contributed by atoms with Gasteiger partial charge in [0.2, 0.25) is 0 Å². The Morgan fingerprint density at radius 1 is 0.531 bits per heavy atom. The summed E-state index contributed by atoms with van der Waals surface area (Å²) in [6.07, 6.45) is 32.6. The lowest BCUT2D eigenvalue weighted by atomic mass is 10.0. The van der Waals surface area contributed by atoms with E-state index in [0.717, 1.165) is 83.7 Å². The Hall–Kier alpha value is -1.34. The van der Waals surface area contributed by atoms with Crippen LogP contribution in [0.15, 0.2) is 0 Å². The molecule has 0 bridgehead atoms. The fraction of sp³-hybridized carbons (Fsp3) is 0.952. The molecule has 0 aromatic heterocycles. The maximum absolute atomic E-state index is 12.7. The number of carbonyl (C=O) groups is 2. The highest BCUT2D eigenvalue weighted by molar-refractivity contribution is 5.69. The quantitative estimate of drug-likeness (QED) is 0.0507. The molecule has 0 aliphatic carbocycles. The van der Waals surface area contributed by atoms with Gasteiger partial charge in [-0.1, -0.05) is 136 Å². The van der Waals surface area contributed by atoms with Gasteiger partial charge >= 0.3 is 12.1 Å². The summed E-state index contributed by atoms with van der Waals surface area (Å²) in [6, 6.07) is 0. The molecule has 0 heterocycles. The van der Waals surface area contributed by atoms with Crippen molar-refractivity contribution < 1.29 is 28.9 Å². The van der Waals surface area contributed by atoms with Crippen LogP contribution in [-0.4, -0.2) is 67.2 Å². The van der Waals surface area contributed by atoms with Crippen LogP contribution in [0.4, 0.5) is 4.79 Å². The number of unbranched alkanes of at least 4 members (excludes halogenated alkanes) is 20. The molecule has 0 aromatic carbocycles. The first-order valence-corrected chi connectivity index (χ1v) is 21.3. The van der Waals surface area contributed by atoms with Crippen LogP contribution in [0.5, 0.6) is 0 Å². The summed E-state index contributed by atoms with van der Waals surface area (Å²) in [5.74, 6) is -0.00370. The molecule has 292 valence electrons. The third kappa shape index (κ3) is 34.9. The fourth-order valence-corrected chi connectivity index (χ4v) is 6.49. The van der Waals surface area contributed by atoms with Crippen LogP contribution >= 0.6 is 0 Å². The summed E-state index contributed by atoms with van der Waals surface area (Å²) in [4.78, 5) is 27.0. The van der Waals surface area contributed by atoms with Gasteiger partial charge in [0.1, 0.15) is 12.2 Å². The number of esters is 1. The third-order valence-corrected chi connectivity index (χ3v) is 9.68. The predicted molar refractivity (Wildman–Crippen MR) is 206 cm³/mol. The fourth-order valence-electron chi connectivity index (χ4n) is 6.49. The Bertz CT molecular complexity index is 689. The second kappa shape index (κ2) is 37.9. The number of ether oxygens (including phenoxy) is 3. The van der Waals surface area contributed by atoms with Crippen LogP contribution < -0.4 is 0 Å². The summed E-state index contributed by atoms with van der Waals surface area (Å²) in [5.41, 5.74) is 0. The molecule has 1 atom stereocenters. The predicted octanol–water partition coefficient (Wildman–Crippen LogP) is 12.1. The third-order valence-electron chi connectivity index (χ3n) is 9.68. The molecule has 0 aromatic rings. The molecule has 0 radical (unpaired) electrons. The maximum Gasteiger partial charge on any atom is 0.508 e. The van der Waals surface area contributed by atoms with Gasteiger partial charge in [0.05, 0.1) is 13.2 Å². The topological polar surface area (TPSA) is 85.3 Å². The van der Waals surface area contributed by atoms with Crippen molar-refractivity contribution in [1.82, 2.24) is 4.90 Å². The normalized spacial score (nSPS) is 12.1. The molecule has 0 aliphatic heterocycles. The molecule has 0 saturated carbocycles. The van der Waals surface area contributed by atoms with Gasteiger partial charge in [-0.25, -0.2) is 4.79 Å². The summed E-state index contributed by atoms with van der Waals surface area (Å²) in [5, 5.41) is 9.51. The number of nitrogens with zero attached hydrogens (tertiary/aromatic N) is 1. The minimum atomic E-state index is -0.555. The van der Waals surface area contributed by atoms with E-state index < -0.39 is 6.16 Å². The van der Waals surface area contributed by atoms with Crippen molar-refractivity contribution in [2.75, 3.05) is 32.8 Å². The van der Waals surface area contributed by atoms with Crippen LogP contribution in [0.2, 0.25) is 0 Å². The van der Waals surface area contributed by atoms with Gasteiger partial charge in [-0.2, -0.15) is 0 Å². The molecule has 0 rings (SSSR count). The van der Waals surface area contributed by atoms with E-state index in [0.29, 0.717) is 19.6 Å². The first kappa shape index (κ1) is 47.7. The lowest BCUT2D eigenvalue weighted by Crippen LogP contribution is -2.29. The number of rotatable bonds is 38. The van der Waals surface area contributed by atoms with Gasteiger partial charge in [-0.3, -0.25) is 4.79 Å². The van der Waals surface area contributed by atoms with Crippen molar-refractivity contribution in [2.24, 2.45) is 0 Å². The average Bonchev–Trinajstić information content (AvgIpc) is 3.08. The molecule has 0 amide bonds. The van der Waals surface area contributed by atoms with Gasteiger partial charge in [-0.15, -0.1) is 0 Å². The van der Waals surface area contributed by atoms with E-state index in [9.17, 15) is 14.7 Å². The van der Waals surface area contributed by atoms with Crippen molar-refractivity contribution in [3.63, 3.8) is 0 Å². The zero-order valence-electron chi connectivity index (χ0n) is 33.1. The Morgan fingerprint density at radius 3 is 1.51 bits per heavy atom. The van der Waals surface area contributed by atoms with Gasteiger partial charge in [0, 0.05) is 13.0 Å². The van der Waals surface area contributed by atoms with Gasteiger partial charge < -0.3 is 24.2 Å². The molecular weight excluding hydrogens is 614 g/mol. The van der Waals surface area contributed by atoms with Crippen LogP contribution in [0.3, 0.4) is 0 Å². The van der Waals surface area contributed by atoms with Gasteiger partial charge in [0.25, 0.3) is 0 Å². The standard InChI is InChI=1S/C42H83NO6/c1-5-8-11-14-18-23-30-39(4)48-42(46)47-38-29-28-35-43(36-37-44)34-27-22-17-21-26-33-41(45)49-40(31-24-19-15-12-9-6-2)32-25-20-16-13-10-7-3/h39-40,44H,5-38H2,1-4H3. The van der Waals surface area contributed by atoms with E-state index in [1.165, 1.54) is 109 Å². The van der Waals surface area contributed by atoms with Crippen LogP contribution in [0, 0.1) is 0 Å². The molecule has 0 fully saturated rings. The van der Waals surface area contributed by atoms with E-state index in [1.807, 2.05) is 6.92 Å². The Kier molecular flexibility index (Phi) is 36.9.